The highest BCUT2D eigenvalue weighted by Gasteiger charge is 2.12. The molecule has 0 atom stereocenters. The Hall–Kier alpha value is -1.94. The zero-order valence-electron chi connectivity index (χ0n) is 11.5. The smallest absolute Gasteiger partial charge is 0.222 e. The number of nitrogens with zero attached hydrogens (tertiary/aromatic N) is 2. The lowest BCUT2D eigenvalue weighted by atomic mass is 9.98. The lowest BCUT2D eigenvalue weighted by Gasteiger charge is -2.22. The van der Waals surface area contributed by atoms with Crippen molar-refractivity contribution in [1.29, 1.82) is 0 Å². The van der Waals surface area contributed by atoms with Crippen molar-refractivity contribution in [1.82, 2.24) is 15.3 Å². The molecule has 0 saturated carbocycles. The quantitative estimate of drug-likeness (QED) is 0.894. The van der Waals surface area contributed by atoms with Crippen LogP contribution in [-0.2, 0) is 0 Å². The number of benzene rings is 1. The maximum Gasteiger partial charge on any atom is 0.222 e. The zero-order valence-corrected chi connectivity index (χ0v) is 11.5. The van der Waals surface area contributed by atoms with Crippen LogP contribution in [0.5, 0.6) is 0 Å². The van der Waals surface area contributed by atoms with Gasteiger partial charge < -0.3 is 10.6 Å². The molecule has 1 fully saturated rings. The predicted molar refractivity (Wildman–Crippen MR) is 81.6 cm³/mol. The Morgan fingerprint density at radius 1 is 1.00 bits per heavy atom. The third-order valence-corrected chi connectivity index (χ3v) is 3.77. The number of rotatable bonds is 4. The van der Waals surface area contributed by atoms with E-state index >= 15 is 0 Å². The molecule has 3 rings (SSSR count). The first-order valence-electron chi connectivity index (χ1n) is 7.24. The molecule has 1 aromatic heterocycles. The SMILES string of the molecule is c1ccc(-c2cnc(NCC3CCNCC3)nc2)cc1. The molecule has 1 aliphatic rings. The molecule has 1 aromatic carbocycles. The summed E-state index contributed by atoms with van der Waals surface area (Å²) in [4.78, 5) is 8.80. The highest BCUT2D eigenvalue weighted by molar-refractivity contribution is 5.61. The van der Waals surface area contributed by atoms with E-state index in [2.05, 4.69) is 32.7 Å². The molecule has 20 heavy (non-hydrogen) atoms. The molecule has 0 spiro atoms. The van der Waals surface area contributed by atoms with Gasteiger partial charge in [-0.1, -0.05) is 30.3 Å². The average molecular weight is 268 g/mol. The van der Waals surface area contributed by atoms with Gasteiger partial charge in [0.15, 0.2) is 0 Å². The topological polar surface area (TPSA) is 49.8 Å². The first-order valence-corrected chi connectivity index (χ1v) is 7.24. The van der Waals surface area contributed by atoms with Crippen LogP contribution in [-0.4, -0.2) is 29.6 Å². The molecule has 0 bridgehead atoms. The standard InChI is InChI=1S/C16H20N4/c1-2-4-14(5-3-1)15-11-19-16(20-12-15)18-10-13-6-8-17-9-7-13/h1-5,11-13,17H,6-10H2,(H,18,19,20). The fourth-order valence-electron chi connectivity index (χ4n) is 2.52. The van der Waals surface area contributed by atoms with Gasteiger partial charge >= 0.3 is 0 Å². The van der Waals surface area contributed by atoms with Gasteiger partial charge in [0.05, 0.1) is 0 Å². The summed E-state index contributed by atoms with van der Waals surface area (Å²) in [6, 6.07) is 10.2. The number of nitrogens with one attached hydrogen (secondary N) is 2. The van der Waals surface area contributed by atoms with Gasteiger partial charge in [0.1, 0.15) is 0 Å². The summed E-state index contributed by atoms with van der Waals surface area (Å²) in [5.74, 6) is 1.46. The Balaban J connectivity index is 1.58. The molecule has 2 heterocycles. The highest BCUT2D eigenvalue weighted by atomic mass is 15.1. The van der Waals surface area contributed by atoms with E-state index in [-0.39, 0.29) is 0 Å². The van der Waals surface area contributed by atoms with Gasteiger partial charge in [-0.25, -0.2) is 9.97 Å². The van der Waals surface area contributed by atoms with E-state index in [4.69, 9.17) is 0 Å². The Morgan fingerprint density at radius 3 is 2.40 bits per heavy atom. The van der Waals surface area contributed by atoms with E-state index in [1.807, 2.05) is 30.6 Å². The molecule has 1 saturated heterocycles. The van der Waals surface area contributed by atoms with Crippen molar-refractivity contribution in [2.24, 2.45) is 5.92 Å². The lowest BCUT2D eigenvalue weighted by molar-refractivity contribution is 0.389. The van der Waals surface area contributed by atoms with E-state index in [9.17, 15) is 0 Å². The molecule has 104 valence electrons. The number of anilines is 1. The molecule has 4 nitrogen and oxygen atoms in total. The molecule has 0 radical (unpaired) electrons. The fraction of sp³-hybridized carbons (Fsp3) is 0.375. The van der Waals surface area contributed by atoms with Crippen LogP contribution in [0.3, 0.4) is 0 Å². The summed E-state index contributed by atoms with van der Waals surface area (Å²) in [5.41, 5.74) is 2.20. The average Bonchev–Trinajstić information content (AvgIpc) is 2.55. The van der Waals surface area contributed by atoms with Crippen molar-refractivity contribution in [3.05, 3.63) is 42.7 Å². The summed E-state index contributed by atoms with van der Waals surface area (Å²) in [6.45, 7) is 3.21. The third kappa shape index (κ3) is 3.33. The van der Waals surface area contributed by atoms with Crippen LogP contribution in [0.15, 0.2) is 42.7 Å². The number of hydrogen-bond acceptors (Lipinski definition) is 4. The number of aromatic nitrogens is 2. The monoisotopic (exact) mass is 268 g/mol. The van der Waals surface area contributed by atoms with Gasteiger partial charge in [-0.3, -0.25) is 0 Å². The first-order chi connectivity index (χ1) is 9.92. The van der Waals surface area contributed by atoms with Crippen molar-refractivity contribution in [3.63, 3.8) is 0 Å². The van der Waals surface area contributed by atoms with Crippen molar-refractivity contribution >= 4 is 5.95 Å². The van der Waals surface area contributed by atoms with E-state index < -0.39 is 0 Å². The van der Waals surface area contributed by atoms with Crippen molar-refractivity contribution in [3.8, 4) is 11.1 Å². The Labute approximate surface area is 119 Å². The van der Waals surface area contributed by atoms with E-state index in [0.717, 1.165) is 42.6 Å². The first kappa shape index (κ1) is 13.1. The Morgan fingerprint density at radius 2 is 1.70 bits per heavy atom. The molecule has 4 heteroatoms. The second-order valence-corrected chi connectivity index (χ2v) is 5.24. The predicted octanol–water partition coefficient (Wildman–Crippen LogP) is 2.56. The maximum atomic E-state index is 4.40. The molecule has 2 N–H and O–H groups in total. The molecule has 1 aliphatic heterocycles. The van der Waals surface area contributed by atoms with Crippen LogP contribution in [0.2, 0.25) is 0 Å². The van der Waals surface area contributed by atoms with Crippen molar-refractivity contribution in [2.75, 3.05) is 25.0 Å². The summed E-state index contributed by atoms with van der Waals surface area (Å²) in [6.07, 6.45) is 6.23. The van der Waals surface area contributed by atoms with Crippen LogP contribution >= 0.6 is 0 Å². The highest BCUT2D eigenvalue weighted by Crippen LogP contribution is 2.17. The fourth-order valence-corrected chi connectivity index (χ4v) is 2.52. The third-order valence-electron chi connectivity index (χ3n) is 3.77. The minimum absolute atomic E-state index is 0.725. The second kappa shape index (κ2) is 6.48. The normalized spacial score (nSPS) is 16.0. The molecule has 0 aliphatic carbocycles. The molecule has 0 unspecified atom stereocenters. The Bertz CT molecular complexity index is 518. The van der Waals surface area contributed by atoms with Crippen molar-refractivity contribution in [2.45, 2.75) is 12.8 Å². The molecular weight excluding hydrogens is 248 g/mol. The molecule has 2 aromatic rings. The number of piperidine rings is 1. The van der Waals surface area contributed by atoms with Crippen LogP contribution in [0.25, 0.3) is 11.1 Å². The van der Waals surface area contributed by atoms with Gasteiger partial charge in [0.25, 0.3) is 0 Å². The largest absolute Gasteiger partial charge is 0.354 e. The summed E-state index contributed by atoms with van der Waals surface area (Å²) in [5, 5.41) is 6.72. The van der Waals surface area contributed by atoms with Crippen LogP contribution in [0.4, 0.5) is 5.95 Å². The minimum Gasteiger partial charge on any atom is -0.354 e. The van der Waals surface area contributed by atoms with Gasteiger partial charge in [0, 0.05) is 24.5 Å². The van der Waals surface area contributed by atoms with Crippen LogP contribution in [0.1, 0.15) is 12.8 Å². The second-order valence-electron chi connectivity index (χ2n) is 5.24. The Kier molecular flexibility index (Phi) is 4.23. The maximum absolute atomic E-state index is 4.40. The van der Waals surface area contributed by atoms with E-state index in [0.29, 0.717) is 0 Å². The number of hydrogen-bond donors (Lipinski definition) is 2. The van der Waals surface area contributed by atoms with Gasteiger partial charge in [-0.2, -0.15) is 0 Å². The van der Waals surface area contributed by atoms with Crippen molar-refractivity contribution < 1.29 is 0 Å². The van der Waals surface area contributed by atoms with Gasteiger partial charge in [0.2, 0.25) is 5.95 Å². The lowest BCUT2D eigenvalue weighted by Crippen LogP contribution is -2.31. The van der Waals surface area contributed by atoms with Crippen LogP contribution < -0.4 is 10.6 Å². The van der Waals surface area contributed by atoms with E-state index in [1.165, 1.54) is 12.8 Å². The molecular formula is C16H20N4. The van der Waals surface area contributed by atoms with Gasteiger partial charge in [-0.15, -0.1) is 0 Å². The minimum atomic E-state index is 0.725. The summed E-state index contributed by atoms with van der Waals surface area (Å²) >= 11 is 0. The van der Waals surface area contributed by atoms with Gasteiger partial charge in [-0.05, 0) is 37.4 Å². The molecule has 0 amide bonds. The zero-order chi connectivity index (χ0) is 13.6. The summed E-state index contributed by atoms with van der Waals surface area (Å²) in [7, 11) is 0. The summed E-state index contributed by atoms with van der Waals surface area (Å²) < 4.78 is 0. The van der Waals surface area contributed by atoms with E-state index in [1.54, 1.807) is 0 Å². The van der Waals surface area contributed by atoms with Crippen LogP contribution in [0, 0.1) is 5.92 Å².